The maximum absolute atomic E-state index is 5.40. The molecular formula is C9H18N6O2. The smallest absolute Gasteiger partial charge is 0.231 e. The number of aromatic nitrogens is 3. The Balaban J connectivity index is 2.13. The van der Waals surface area contributed by atoms with Gasteiger partial charge < -0.3 is 26.3 Å². The molecule has 0 saturated heterocycles. The van der Waals surface area contributed by atoms with Crippen LogP contribution in [0.2, 0.25) is 0 Å². The second-order valence-electron chi connectivity index (χ2n) is 3.28. The van der Waals surface area contributed by atoms with E-state index in [9.17, 15) is 0 Å². The molecule has 0 unspecified atom stereocenters. The number of nitrogen functional groups attached to an aromatic ring is 2. The highest BCUT2D eigenvalue weighted by Gasteiger charge is 2.00. The van der Waals surface area contributed by atoms with Crippen molar-refractivity contribution in [3.05, 3.63) is 0 Å². The number of unbranched alkanes of at least 4 members (excludes halogenated alkanes) is 1. The molecule has 0 radical (unpaired) electrons. The Morgan fingerprint density at radius 1 is 1.12 bits per heavy atom. The third-order valence-electron chi connectivity index (χ3n) is 1.81. The summed E-state index contributed by atoms with van der Waals surface area (Å²) < 4.78 is 10.3. The topological polar surface area (TPSA) is 121 Å². The summed E-state index contributed by atoms with van der Waals surface area (Å²) in [6.07, 6.45) is 2.12. The summed E-state index contributed by atoms with van der Waals surface area (Å²) in [5.41, 5.74) is 10.8. The predicted molar refractivity (Wildman–Crippen MR) is 64.0 cm³/mol. The molecule has 8 nitrogen and oxygen atoms in total. The first-order chi connectivity index (χ1) is 8.22. The summed E-state index contributed by atoms with van der Waals surface area (Å²) in [5.74, 6) is 0.418. The fourth-order valence-corrected chi connectivity index (χ4v) is 1.01. The van der Waals surface area contributed by atoms with Crippen LogP contribution in [-0.4, -0.2) is 35.1 Å². The van der Waals surface area contributed by atoms with Crippen LogP contribution in [0.25, 0.3) is 0 Å². The third-order valence-corrected chi connectivity index (χ3v) is 1.81. The number of anilines is 3. The van der Waals surface area contributed by atoms with E-state index < -0.39 is 0 Å². The lowest BCUT2D eigenvalue weighted by Gasteiger charge is -2.07. The molecule has 0 atom stereocenters. The molecule has 0 aromatic carbocycles. The number of rotatable bonds is 8. The van der Waals surface area contributed by atoms with Crippen molar-refractivity contribution >= 4 is 17.8 Å². The normalized spacial score (nSPS) is 10.4. The van der Waals surface area contributed by atoms with E-state index in [2.05, 4.69) is 27.2 Å². The first-order valence-electron chi connectivity index (χ1n) is 5.38. The van der Waals surface area contributed by atoms with Gasteiger partial charge in [-0.05, 0) is 6.42 Å². The van der Waals surface area contributed by atoms with Gasteiger partial charge in [-0.2, -0.15) is 15.0 Å². The highest BCUT2D eigenvalue weighted by Crippen LogP contribution is 2.02. The lowest BCUT2D eigenvalue weighted by molar-refractivity contribution is -0.0482. The fourth-order valence-electron chi connectivity index (χ4n) is 1.01. The van der Waals surface area contributed by atoms with Crippen LogP contribution in [0.1, 0.15) is 19.8 Å². The van der Waals surface area contributed by atoms with E-state index in [0.717, 1.165) is 12.8 Å². The minimum atomic E-state index is 0.0687. The van der Waals surface area contributed by atoms with Gasteiger partial charge in [-0.25, -0.2) is 0 Å². The van der Waals surface area contributed by atoms with Gasteiger partial charge in [-0.15, -0.1) is 0 Å². The number of hydrogen-bond acceptors (Lipinski definition) is 8. The molecule has 1 aromatic heterocycles. The lowest BCUT2D eigenvalue weighted by atomic mass is 10.4. The Labute approximate surface area is 99.7 Å². The van der Waals surface area contributed by atoms with Crippen molar-refractivity contribution in [1.82, 2.24) is 15.0 Å². The summed E-state index contributed by atoms with van der Waals surface area (Å²) in [5, 5.41) is 2.79. The molecule has 0 aliphatic carbocycles. The van der Waals surface area contributed by atoms with Crippen LogP contribution in [0.15, 0.2) is 0 Å². The molecule has 0 fully saturated rings. The summed E-state index contributed by atoms with van der Waals surface area (Å²) in [6, 6.07) is 0. The van der Waals surface area contributed by atoms with Crippen LogP contribution in [0, 0.1) is 0 Å². The van der Waals surface area contributed by atoms with Crippen LogP contribution in [0.3, 0.4) is 0 Å². The third kappa shape index (κ3) is 5.83. The molecule has 96 valence electrons. The van der Waals surface area contributed by atoms with Crippen molar-refractivity contribution in [3.63, 3.8) is 0 Å². The summed E-state index contributed by atoms with van der Waals surface area (Å²) >= 11 is 0. The van der Waals surface area contributed by atoms with Gasteiger partial charge >= 0.3 is 0 Å². The molecule has 1 rings (SSSR count). The summed E-state index contributed by atoms with van der Waals surface area (Å²) in [4.78, 5) is 11.3. The highest BCUT2D eigenvalue weighted by molar-refractivity contribution is 5.36. The van der Waals surface area contributed by atoms with Crippen molar-refractivity contribution in [2.45, 2.75) is 19.8 Å². The predicted octanol–water partition coefficient (Wildman–Crippen LogP) is 0.196. The molecule has 0 bridgehead atoms. The first kappa shape index (κ1) is 13.4. The van der Waals surface area contributed by atoms with Crippen LogP contribution in [0.4, 0.5) is 17.8 Å². The highest BCUT2D eigenvalue weighted by atomic mass is 16.7. The van der Waals surface area contributed by atoms with Gasteiger partial charge in [0.25, 0.3) is 0 Å². The molecule has 0 saturated carbocycles. The van der Waals surface area contributed by atoms with E-state index in [0.29, 0.717) is 6.61 Å². The van der Waals surface area contributed by atoms with Gasteiger partial charge in [0, 0.05) is 6.61 Å². The molecule has 0 aliphatic rings. The molecule has 17 heavy (non-hydrogen) atoms. The zero-order valence-corrected chi connectivity index (χ0v) is 9.85. The molecule has 8 heteroatoms. The Morgan fingerprint density at radius 3 is 2.47 bits per heavy atom. The van der Waals surface area contributed by atoms with Crippen LogP contribution in [-0.2, 0) is 9.47 Å². The Hall–Kier alpha value is -1.67. The number of nitrogens with one attached hydrogen (secondary N) is 1. The molecular weight excluding hydrogens is 224 g/mol. The van der Waals surface area contributed by atoms with Crippen molar-refractivity contribution in [2.75, 3.05) is 36.9 Å². The molecule has 5 N–H and O–H groups in total. The van der Waals surface area contributed by atoms with Crippen molar-refractivity contribution < 1.29 is 9.47 Å². The SMILES string of the molecule is CCCCOCOCNc1nc(N)nc(N)n1. The minimum Gasteiger partial charge on any atom is -0.368 e. The first-order valence-corrected chi connectivity index (χ1v) is 5.38. The monoisotopic (exact) mass is 242 g/mol. The molecule has 1 aromatic rings. The average Bonchev–Trinajstić information content (AvgIpc) is 2.26. The Kier molecular flexibility index (Phi) is 5.97. The van der Waals surface area contributed by atoms with Gasteiger partial charge in [-0.1, -0.05) is 13.3 Å². The number of hydrogen-bond donors (Lipinski definition) is 3. The zero-order chi connectivity index (χ0) is 12.5. The minimum absolute atomic E-state index is 0.0687. The number of nitrogens with two attached hydrogens (primary N) is 2. The van der Waals surface area contributed by atoms with E-state index in [-0.39, 0.29) is 31.4 Å². The Bertz CT molecular complexity index is 315. The zero-order valence-electron chi connectivity index (χ0n) is 9.85. The number of nitrogens with zero attached hydrogens (tertiary/aromatic N) is 3. The van der Waals surface area contributed by atoms with Gasteiger partial charge in [0.05, 0.1) is 0 Å². The standard InChI is InChI=1S/C9H18N6O2/c1-2-3-4-16-6-17-5-12-9-14-7(10)13-8(11)15-9/h2-6H2,1H3,(H5,10,11,12,13,14,15). The lowest BCUT2D eigenvalue weighted by Crippen LogP contribution is -2.13. The van der Waals surface area contributed by atoms with E-state index in [1.165, 1.54) is 0 Å². The molecule has 0 spiro atoms. The van der Waals surface area contributed by atoms with Gasteiger partial charge in [0.15, 0.2) is 0 Å². The second-order valence-corrected chi connectivity index (χ2v) is 3.28. The molecule has 0 aliphatic heterocycles. The fraction of sp³-hybridized carbons (Fsp3) is 0.667. The van der Waals surface area contributed by atoms with Crippen LogP contribution < -0.4 is 16.8 Å². The summed E-state index contributed by atoms with van der Waals surface area (Å²) in [7, 11) is 0. The van der Waals surface area contributed by atoms with Crippen molar-refractivity contribution in [2.24, 2.45) is 0 Å². The van der Waals surface area contributed by atoms with Crippen LogP contribution in [0.5, 0.6) is 0 Å². The van der Waals surface area contributed by atoms with Gasteiger partial charge in [0.1, 0.15) is 13.5 Å². The van der Waals surface area contributed by atoms with Crippen LogP contribution >= 0.6 is 0 Å². The van der Waals surface area contributed by atoms with Gasteiger partial charge in [-0.3, -0.25) is 0 Å². The maximum Gasteiger partial charge on any atom is 0.231 e. The van der Waals surface area contributed by atoms with E-state index in [1.54, 1.807) is 0 Å². The van der Waals surface area contributed by atoms with Crippen molar-refractivity contribution in [1.29, 1.82) is 0 Å². The Morgan fingerprint density at radius 2 is 1.82 bits per heavy atom. The second kappa shape index (κ2) is 7.58. The van der Waals surface area contributed by atoms with E-state index >= 15 is 0 Å². The van der Waals surface area contributed by atoms with E-state index in [4.69, 9.17) is 20.9 Å². The molecule has 1 heterocycles. The van der Waals surface area contributed by atoms with Crippen molar-refractivity contribution in [3.8, 4) is 0 Å². The van der Waals surface area contributed by atoms with E-state index in [1.807, 2.05) is 0 Å². The summed E-state index contributed by atoms with van der Waals surface area (Å²) in [6.45, 7) is 3.24. The largest absolute Gasteiger partial charge is 0.368 e. The average molecular weight is 242 g/mol. The quantitative estimate of drug-likeness (QED) is 0.436. The molecule has 0 amide bonds. The maximum atomic E-state index is 5.40. The number of ether oxygens (including phenoxy) is 2. The van der Waals surface area contributed by atoms with Gasteiger partial charge in [0.2, 0.25) is 17.8 Å².